The Morgan fingerprint density at radius 2 is 2.19 bits per heavy atom. The van der Waals surface area contributed by atoms with Crippen LogP contribution in [0.15, 0.2) is 30.6 Å². The SMILES string of the molecule is CCC(Nc1cccc2nccn12)C(C)C. The van der Waals surface area contributed by atoms with Gasteiger partial charge in [-0.25, -0.2) is 4.98 Å². The average molecular weight is 217 g/mol. The van der Waals surface area contributed by atoms with Crippen LogP contribution in [-0.2, 0) is 0 Å². The van der Waals surface area contributed by atoms with Crippen LogP contribution in [-0.4, -0.2) is 15.4 Å². The first-order chi connectivity index (χ1) is 7.72. The van der Waals surface area contributed by atoms with Crippen LogP contribution in [0.2, 0.25) is 0 Å². The fraction of sp³-hybridized carbons (Fsp3) is 0.462. The molecule has 2 rings (SSSR count). The van der Waals surface area contributed by atoms with Gasteiger partial charge in [-0.1, -0.05) is 26.8 Å². The van der Waals surface area contributed by atoms with E-state index >= 15 is 0 Å². The second-order valence-electron chi connectivity index (χ2n) is 4.47. The maximum atomic E-state index is 4.28. The molecule has 0 saturated heterocycles. The molecule has 1 N–H and O–H groups in total. The van der Waals surface area contributed by atoms with Gasteiger partial charge in [0.2, 0.25) is 0 Å². The van der Waals surface area contributed by atoms with Gasteiger partial charge in [-0.15, -0.1) is 0 Å². The first kappa shape index (κ1) is 11.0. The van der Waals surface area contributed by atoms with Crippen LogP contribution in [0.3, 0.4) is 0 Å². The Morgan fingerprint density at radius 3 is 2.88 bits per heavy atom. The summed E-state index contributed by atoms with van der Waals surface area (Å²) in [5.74, 6) is 1.75. The number of hydrogen-bond acceptors (Lipinski definition) is 2. The molecular formula is C13H19N3. The maximum absolute atomic E-state index is 4.28. The van der Waals surface area contributed by atoms with Gasteiger partial charge in [-0.3, -0.25) is 4.40 Å². The van der Waals surface area contributed by atoms with E-state index in [9.17, 15) is 0 Å². The van der Waals surface area contributed by atoms with Crippen molar-refractivity contribution in [3.05, 3.63) is 30.6 Å². The quantitative estimate of drug-likeness (QED) is 0.852. The lowest BCUT2D eigenvalue weighted by Gasteiger charge is -2.22. The van der Waals surface area contributed by atoms with Gasteiger partial charge in [-0.2, -0.15) is 0 Å². The van der Waals surface area contributed by atoms with Crippen molar-refractivity contribution in [2.24, 2.45) is 5.92 Å². The zero-order chi connectivity index (χ0) is 11.5. The van der Waals surface area contributed by atoms with Gasteiger partial charge in [0.25, 0.3) is 0 Å². The molecule has 1 atom stereocenters. The number of anilines is 1. The van der Waals surface area contributed by atoms with E-state index in [1.807, 2.05) is 24.5 Å². The molecule has 2 aromatic rings. The van der Waals surface area contributed by atoms with Crippen LogP contribution in [0, 0.1) is 5.92 Å². The van der Waals surface area contributed by atoms with Gasteiger partial charge in [0.05, 0.1) is 0 Å². The van der Waals surface area contributed by atoms with Gasteiger partial charge in [0, 0.05) is 18.4 Å². The molecule has 0 saturated carbocycles. The normalized spacial score (nSPS) is 13.2. The Labute approximate surface area is 96.5 Å². The third kappa shape index (κ3) is 2.03. The van der Waals surface area contributed by atoms with E-state index in [1.54, 1.807) is 0 Å². The molecule has 16 heavy (non-hydrogen) atoms. The Bertz CT molecular complexity index is 459. The van der Waals surface area contributed by atoms with E-state index in [0.29, 0.717) is 12.0 Å². The standard InChI is InChI=1S/C13H19N3/c1-4-11(10(2)3)15-13-7-5-6-12-14-8-9-16(12)13/h5-11,15H,4H2,1-3H3. The monoisotopic (exact) mass is 217 g/mol. The highest BCUT2D eigenvalue weighted by Crippen LogP contribution is 2.16. The molecule has 0 fully saturated rings. The fourth-order valence-electron chi connectivity index (χ4n) is 2.00. The molecule has 0 spiro atoms. The van der Waals surface area contributed by atoms with Crippen molar-refractivity contribution in [1.82, 2.24) is 9.38 Å². The molecular weight excluding hydrogens is 198 g/mol. The molecule has 0 aliphatic rings. The number of nitrogens with one attached hydrogen (secondary N) is 1. The minimum atomic E-state index is 0.507. The van der Waals surface area contributed by atoms with Crippen molar-refractivity contribution < 1.29 is 0 Å². The van der Waals surface area contributed by atoms with Gasteiger partial charge in [-0.05, 0) is 24.5 Å². The summed E-state index contributed by atoms with van der Waals surface area (Å²) in [5.41, 5.74) is 0.989. The summed E-state index contributed by atoms with van der Waals surface area (Å²) < 4.78 is 2.09. The van der Waals surface area contributed by atoms with Gasteiger partial charge < -0.3 is 5.32 Å². The molecule has 86 valence electrons. The molecule has 2 heterocycles. The Balaban J connectivity index is 2.29. The highest BCUT2D eigenvalue weighted by atomic mass is 15.1. The topological polar surface area (TPSA) is 29.3 Å². The van der Waals surface area contributed by atoms with Crippen molar-refractivity contribution >= 4 is 11.5 Å². The van der Waals surface area contributed by atoms with Crippen LogP contribution < -0.4 is 5.32 Å². The molecule has 3 nitrogen and oxygen atoms in total. The first-order valence-corrected chi connectivity index (χ1v) is 5.91. The molecule has 0 aliphatic carbocycles. The van der Waals surface area contributed by atoms with E-state index < -0.39 is 0 Å². The van der Waals surface area contributed by atoms with Crippen molar-refractivity contribution in [2.45, 2.75) is 33.2 Å². The van der Waals surface area contributed by atoms with E-state index in [1.165, 1.54) is 0 Å². The van der Waals surface area contributed by atoms with E-state index in [-0.39, 0.29) is 0 Å². The Kier molecular flexibility index (Phi) is 3.13. The van der Waals surface area contributed by atoms with Crippen molar-refractivity contribution in [3.63, 3.8) is 0 Å². The maximum Gasteiger partial charge on any atom is 0.138 e. The Morgan fingerprint density at radius 1 is 1.38 bits per heavy atom. The summed E-state index contributed by atoms with van der Waals surface area (Å²) in [4.78, 5) is 4.28. The van der Waals surface area contributed by atoms with Crippen LogP contribution in [0.5, 0.6) is 0 Å². The number of aromatic nitrogens is 2. The van der Waals surface area contributed by atoms with Crippen LogP contribution in [0.25, 0.3) is 5.65 Å². The second kappa shape index (κ2) is 4.56. The summed E-state index contributed by atoms with van der Waals surface area (Å²) in [7, 11) is 0. The van der Waals surface area contributed by atoms with Gasteiger partial charge in [0.1, 0.15) is 11.5 Å². The molecule has 2 aromatic heterocycles. The lowest BCUT2D eigenvalue weighted by molar-refractivity contribution is 0.509. The minimum Gasteiger partial charge on any atom is -0.368 e. The predicted molar refractivity (Wildman–Crippen MR) is 67.7 cm³/mol. The molecule has 0 radical (unpaired) electrons. The second-order valence-corrected chi connectivity index (χ2v) is 4.47. The third-order valence-electron chi connectivity index (χ3n) is 3.01. The number of imidazole rings is 1. The lowest BCUT2D eigenvalue weighted by Crippen LogP contribution is -2.25. The smallest absolute Gasteiger partial charge is 0.138 e. The number of pyridine rings is 1. The average Bonchev–Trinajstić information content (AvgIpc) is 2.73. The van der Waals surface area contributed by atoms with E-state index in [0.717, 1.165) is 17.9 Å². The molecule has 0 aliphatic heterocycles. The van der Waals surface area contributed by atoms with Crippen molar-refractivity contribution in [3.8, 4) is 0 Å². The number of rotatable bonds is 4. The number of hydrogen-bond donors (Lipinski definition) is 1. The summed E-state index contributed by atoms with van der Waals surface area (Å²) in [6, 6.07) is 6.66. The zero-order valence-electron chi connectivity index (χ0n) is 10.1. The van der Waals surface area contributed by atoms with Gasteiger partial charge in [0.15, 0.2) is 0 Å². The summed E-state index contributed by atoms with van der Waals surface area (Å²) in [6.45, 7) is 6.70. The summed E-state index contributed by atoms with van der Waals surface area (Å²) >= 11 is 0. The predicted octanol–water partition coefficient (Wildman–Crippen LogP) is 3.18. The van der Waals surface area contributed by atoms with E-state index in [2.05, 4.69) is 41.5 Å². The third-order valence-corrected chi connectivity index (χ3v) is 3.01. The Hall–Kier alpha value is -1.51. The first-order valence-electron chi connectivity index (χ1n) is 5.91. The van der Waals surface area contributed by atoms with Crippen LogP contribution in [0.4, 0.5) is 5.82 Å². The van der Waals surface area contributed by atoms with Crippen LogP contribution in [0.1, 0.15) is 27.2 Å². The van der Waals surface area contributed by atoms with Crippen molar-refractivity contribution in [1.29, 1.82) is 0 Å². The highest BCUT2D eigenvalue weighted by molar-refractivity contribution is 5.50. The van der Waals surface area contributed by atoms with Crippen molar-refractivity contribution in [2.75, 3.05) is 5.32 Å². The largest absolute Gasteiger partial charge is 0.368 e. The fourth-order valence-corrected chi connectivity index (χ4v) is 2.00. The molecule has 1 unspecified atom stereocenters. The minimum absolute atomic E-state index is 0.507. The molecule has 0 amide bonds. The number of nitrogens with zero attached hydrogens (tertiary/aromatic N) is 2. The van der Waals surface area contributed by atoms with Crippen LogP contribution >= 0.6 is 0 Å². The lowest BCUT2D eigenvalue weighted by atomic mass is 10.0. The van der Waals surface area contributed by atoms with E-state index in [4.69, 9.17) is 0 Å². The summed E-state index contributed by atoms with van der Waals surface area (Å²) in [5, 5.41) is 3.58. The molecule has 3 heteroatoms. The van der Waals surface area contributed by atoms with Gasteiger partial charge >= 0.3 is 0 Å². The summed E-state index contributed by atoms with van der Waals surface area (Å²) in [6.07, 6.45) is 4.95. The number of fused-ring (bicyclic) bond motifs is 1. The molecule has 0 aromatic carbocycles. The molecule has 0 bridgehead atoms. The highest BCUT2D eigenvalue weighted by Gasteiger charge is 2.11. The zero-order valence-corrected chi connectivity index (χ0v) is 10.1.